The Bertz CT molecular complexity index is 322. The summed E-state index contributed by atoms with van der Waals surface area (Å²) in [5.74, 6) is 0.322. The quantitative estimate of drug-likeness (QED) is 0.798. The predicted octanol–water partition coefficient (Wildman–Crippen LogP) is 2.63. The van der Waals surface area contributed by atoms with E-state index in [1.165, 1.54) is 7.11 Å². The maximum absolute atomic E-state index is 11.6. The second-order valence-corrected chi connectivity index (χ2v) is 6.14. The summed E-state index contributed by atoms with van der Waals surface area (Å²) in [4.78, 5) is 22.7. The summed E-state index contributed by atoms with van der Waals surface area (Å²) in [7, 11) is 1.41. The van der Waals surface area contributed by atoms with Gasteiger partial charge >= 0.3 is 12.1 Å². The van der Waals surface area contributed by atoms with E-state index in [1.54, 1.807) is 0 Å². The molecule has 0 bridgehead atoms. The monoisotopic (exact) mass is 271 g/mol. The maximum atomic E-state index is 11.6. The van der Waals surface area contributed by atoms with Gasteiger partial charge in [-0.3, -0.25) is 4.79 Å². The van der Waals surface area contributed by atoms with Crippen molar-refractivity contribution in [2.75, 3.05) is 7.11 Å². The highest BCUT2D eigenvalue weighted by Crippen LogP contribution is 2.29. The third kappa shape index (κ3) is 6.45. The van der Waals surface area contributed by atoms with Crippen LogP contribution in [0.1, 0.15) is 52.9 Å². The lowest BCUT2D eigenvalue weighted by atomic mass is 10.0. The number of hydrogen-bond donors (Lipinski definition) is 1. The molecular weight excluding hydrogens is 246 g/mol. The number of carbonyl (C=O) groups is 2. The number of hydrogen-bond acceptors (Lipinski definition) is 4. The molecule has 1 amide bonds. The van der Waals surface area contributed by atoms with Gasteiger partial charge in [0.15, 0.2) is 0 Å². The van der Waals surface area contributed by atoms with Crippen molar-refractivity contribution in [1.82, 2.24) is 5.32 Å². The van der Waals surface area contributed by atoms with Gasteiger partial charge in [-0.05, 0) is 52.4 Å². The van der Waals surface area contributed by atoms with Gasteiger partial charge in [0.05, 0.1) is 7.11 Å². The molecular formula is C14H25NO4. The molecule has 1 fully saturated rings. The van der Waals surface area contributed by atoms with E-state index in [9.17, 15) is 9.59 Å². The summed E-state index contributed by atoms with van der Waals surface area (Å²) in [6.07, 6.45) is 3.84. The number of amides is 1. The number of ether oxygens (including phenoxy) is 2. The van der Waals surface area contributed by atoms with Crippen LogP contribution in [0.4, 0.5) is 4.79 Å². The minimum atomic E-state index is -0.465. The molecule has 0 spiro atoms. The smallest absolute Gasteiger partial charge is 0.407 e. The van der Waals surface area contributed by atoms with E-state index < -0.39 is 5.60 Å². The van der Waals surface area contributed by atoms with Crippen LogP contribution in [0.2, 0.25) is 0 Å². The van der Waals surface area contributed by atoms with Gasteiger partial charge in [0, 0.05) is 12.5 Å². The molecule has 5 heteroatoms. The summed E-state index contributed by atoms with van der Waals surface area (Å²) in [6, 6.07) is 0.164. The summed E-state index contributed by atoms with van der Waals surface area (Å²) in [5.41, 5.74) is -0.465. The Balaban J connectivity index is 2.25. The van der Waals surface area contributed by atoms with Crippen molar-refractivity contribution in [1.29, 1.82) is 0 Å². The van der Waals surface area contributed by atoms with E-state index in [0.29, 0.717) is 12.3 Å². The average molecular weight is 271 g/mol. The van der Waals surface area contributed by atoms with Crippen molar-refractivity contribution in [3.8, 4) is 0 Å². The van der Waals surface area contributed by atoms with Gasteiger partial charge < -0.3 is 14.8 Å². The Labute approximate surface area is 115 Å². The first-order valence-corrected chi connectivity index (χ1v) is 6.86. The van der Waals surface area contributed by atoms with Crippen LogP contribution in [0.15, 0.2) is 0 Å². The summed E-state index contributed by atoms with van der Waals surface area (Å²) in [5, 5.41) is 2.89. The Hall–Kier alpha value is -1.26. The van der Waals surface area contributed by atoms with Crippen molar-refractivity contribution < 1.29 is 19.1 Å². The van der Waals surface area contributed by atoms with Crippen molar-refractivity contribution in [3.63, 3.8) is 0 Å². The molecule has 0 aromatic carbocycles. The van der Waals surface area contributed by atoms with Gasteiger partial charge in [0.1, 0.15) is 5.60 Å². The topological polar surface area (TPSA) is 64.6 Å². The maximum Gasteiger partial charge on any atom is 0.407 e. The molecule has 0 aliphatic heterocycles. The predicted molar refractivity (Wildman–Crippen MR) is 71.7 cm³/mol. The fourth-order valence-electron chi connectivity index (χ4n) is 2.37. The van der Waals surface area contributed by atoms with E-state index in [0.717, 1.165) is 25.7 Å². The number of esters is 1. The molecule has 1 aliphatic carbocycles. The van der Waals surface area contributed by atoms with E-state index in [4.69, 9.17) is 4.74 Å². The standard InChI is InChI=1S/C14H25NO4/c1-14(2,3)19-13(17)15-11-7-5-10(9-11)6-8-12(16)18-4/h10-11H,5-9H2,1-4H3,(H,15,17). The summed E-state index contributed by atoms with van der Waals surface area (Å²) < 4.78 is 9.85. The fourth-order valence-corrected chi connectivity index (χ4v) is 2.37. The molecule has 2 atom stereocenters. The van der Waals surface area contributed by atoms with Crippen molar-refractivity contribution in [2.24, 2.45) is 5.92 Å². The lowest BCUT2D eigenvalue weighted by Gasteiger charge is -2.21. The van der Waals surface area contributed by atoms with Crippen LogP contribution in [-0.4, -0.2) is 30.8 Å². The van der Waals surface area contributed by atoms with Gasteiger partial charge in [-0.15, -0.1) is 0 Å². The first-order valence-electron chi connectivity index (χ1n) is 6.86. The first kappa shape index (κ1) is 15.8. The normalized spacial score (nSPS) is 22.9. The van der Waals surface area contributed by atoms with Crippen LogP contribution >= 0.6 is 0 Å². The second-order valence-electron chi connectivity index (χ2n) is 6.14. The van der Waals surface area contributed by atoms with Crippen LogP contribution in [0.25, 0.3) is 0 Å². The number of carbonyl (C=O) groups excluding carboxylic acids is 2. The third-order valence-electron chi connectivity index (χ3n) is 3.25. The zero-order valence-corrected chi connectivity index (χ0v) is 12.3. The lowest BCUT2D eigenvalue weighted by molar-refractivity contribution is -0.140. The Morgan fingerprint density at radius 1 is 1.26 bits per heavy atom. The molecule has 5 nitrogen and oxygen atoms in total. The Kier molecular flexibility index (Phi) is 5.63. The van der Waals surface area contributed by atoms with E-state index >= 15 is 0 Å². The molecule has 0 heterocycles. The van der Waals surface area contributed by atoms with Gasteiger partial charge in [0.25, 0.3) is 0 Å². The lowest BCUT2D eigenvalue weighted by Crippen LogP contribution is -2.37. The number of rotatable bonds is 4. The van der Waals surface area contributed by atoms with Crippen LogP contribution in [-0.2, 0) is 14.3 Å². The molecule has 19 heavy (non-hydrogen) atoms. The number of alkyl carbamates (subject to hydrolysis) is 1. The molecule has 0 saturated heterocycles. The molecule has 1 aliphatic rings. The molecule has 1 N–H and O–H groups in total. The highest BCUT2D eigenvalue weighted by Gasteiger charge is 2.27. The van der Waals surface area contributed by atoms with Gasteiger partial charge in [-0.25, -0.2) is 4.79 Å². The summed E-state index contributed by atoms with van der Waals surface area (Å²) in [6.45, 7) is 5.54. The fraction of sp³-hybridized carbons (Fsp3) is 0.857. The molecule has 2 unspecified atom stereocenters. The van der Waals surface area contributed by atoms with Crippen molar-refractivity contribution >= 4 is 12.1 Å². The molecule has 0 aromatic heterocycles. The average Bonchev–Trinajstić information content (AvgIpc) is 2.70. The molecule has 110 valence electrons. The highest BCUT2D eigenvalue weighted by molar-refractivity contribution is 5.69. The van der Waals surface area contributed by atoms with Crippen LogP contribution in [0, 0.1) is 5.92 Å². The van der Waals surface area contributed by atoms with Crippen LogP contribution < -0.4 is 5.32 Å². The number of methoxy groups -OCH3 is 1. The van der Waals surface area contributed by atoms with Gasteiger partial charge in [-0.1, -0.05) is 0 Å². The first-order chi connectivity index (χ1) is 8.80. The van der Waals surface area contributed by atoms with E-state index in [2.05, 4.69) is 10.1 Å². The van der Waals surface area contributed by atoms with Crippen molar-refractivity contribution in [3.05, 3.63) is 0 Å². The van der Waals surface area contributed by atoms with E-state index in [1.807, 2.05) is 20.8 Å². The summed E-state index contributed by atoms with van der Waals surface area (Å²) >= 11 is 0. The highest BCUT2D eigenvalue weighted by atomic mass is 16.6. The largest absolute Gasteiger partial charge is 0.469 e. The molecule has 0 aromatic rings. The zero-order valence-electron chi connectivity index (χ0n) is 12.3. The third-order valence-corrected chi connectivity index (χ3v) is 3.25. The molecule has 1 saturated carbocycles. The van der Waals surface area contributed by atoms with Crippen LogP contribution in [0.5, 0.6) is 0 Å². The van der Waals surface area contributed by atoms with E-state index in [-0.39, 0.29) is 18.1 Å². The Morgan fingerprint density at radius 2 is 1.95 bits per heavy atom. The minimum Gasteiger partial charge on any atom is -0.469 e. The number of nitrogens with one attached hydrogen (secondary N) is 1. The molecule has 1 rings (SSSR count). The zero-order chi connectivity index (χ0) is 14.5. The van der Waals surface area contributed by atoms with Gasteiger partial charge in [0.2, 0.25) is 0 Å². The Morgan fingerprint density at radius 3 is 2.53 bits per heavy atom. The van der Waals surface area contributed by atoms with Crippen LogP contribution in [0.3, 0.4) is 0 Å². The van der Waals surface area contributed by atoms with Crippen molar-refractivity contribution in [2.45, 2.75) is 64.5 Å². The second kappa shape index (κ2) is 6.78. The minimum absolute atomic E-state index is 0.163. The van der Waals surface area contributed by atoms with Gasteiger partial charge in [-0.2, -0.15) is 0 Å². The molecule has 0 radical (unpaired) electrons. The SMILES string of the molecule is COC(=O)CCC1CCC(NC(=O)OC(C)(C)C)C1.